The molecule has 0 atom stereocenters. The molecule has 3 radical (unpaired) electrons. The summed E-state index contributed by atoms with van der Waals surface area (Å²) in [6.07, 6.45) is 0. The van der Waals surface area contributed by atoms with Gasteiger partial charge in [0.1, 0.15) is 9.52 Å². The lowest BCUT2D eigenvalue weighted by Crippen LogP contribution is -2.51. The van der Waals surface area contributed by atoms with E-state index in [0.717, 1.165) is 35.7 Å². The van der Waals surface area contributed by atoms with Crippen LogP contribution in [0, 0.1) is 0 Å². The Kier molecular flexibility index (Phi) is 11.7. The zero-order valence-corrected chi connectivity index (χ0v) is 16.2. The van der Waals surface area contributed by atoms with Gasteiger partial charge in [-0.2, -0.15) is 0 Å². The number of rotatable bonds is 11. The summed E-state index contributed by atoms with van der Waals surface area (Å²) in [6, 6.07) is 0. The lowest BCUT2D eigenvalue weighted by molar-refractivity contribution is 0.116. The summed E-state index contributed by atoms with van der Waals surface area (Å²) in [5.74, 6) is 0.493. The van der Waals surface area contributed by atoms with Gasteiger partial charge in [-0.15, -0.1) is 0 Å². The van der Waals surface area contributed by atoms with Crippen LogP contribution in [0.4, 0.5) is 0 Å². The van der Waals surface area contributed by atoms with E-state index in [1.54, 1.807) is 14.2 Å². The lowest BCUT2D eigenvalue weighted by Gasteiger charge is -2.37. The topological polar surface area (TPSA) is 24.9 Å². The van der Waals surface area contributed by atoms with Crippen molar-refractivity contribution in [3.05, 3.63) is 10.9 Å². The molecule has 0 saturated carbocycles. The quantitative estimate of drug-likeness (QED) is 0.429. The van der Waals surface area contributed by atoms with Crippen molar-refractivity contribution in [3.8, 4) is 0 Å². The molecule has 0 bridgehead atoms. The third-order valence-corrected chi connectivity index (χ3v) is 6.90. The van der Waals surface area contributed by atoms with Crippen molar-refractivity contribution in [1.29, 1.82) is 0 Å². The predicted molar refractivity (Wildman–Crippen MR) is 88.9 cm³/mol. The third kappa shape index (κ3) is 6.19. The minimum atomic E-state index is -1.24. The van der Waals surface area contributed by atoms with Crippen LogP contribution in [0.3, 0.4) is 0 Å². The van der Waals surface area contributed by atoms with Crippen molar-refractivity contribution in [2.24, 2.45) is 0 Å². The highest BCUT2D eigenvalue weighted by Gasteiger charge is 2.22. The molecule has 117 valence electrons. The van der Waals surface area contributed by atoms with Gasteiger partial charge in [0.15, 0.2) is 0 Å². The maximum atomic E-state index is 5.41. The van der Waals surface area contributed by atoms with Crippen molar-refractivity contribution < 1.29 is 8.85 Å². The standard InChI is InChI=1S/C14H31N2O2Si2/c1-8-15(9-2)14(16(10-3)11-4)19-12-13(5)20(17-6)18-7/h12,14H,8-11H2,1-7H3. The average molecular weight is 316 g/mol. The summed E-state index contributed by atoms with van der Waals surface area (Å²) >= 11 is 0. The smallest absolute Gasteiger partial charge is 0.393 e. The molecule has 0 rings (SSSR count). The Hall–Kier alpha value is 0.0138. The molecular formula is C14H31N2O2Si2. The fourth-order valence-corrected chi connectivity index (χ4v) is 5.33. The zero-order valence-electron chi connectivity index (χ0n) is 14.2. The molecule has 0 aromatic rings. The highest BCUT2D eigenvalue weighted by atomic mass is 28.3. The minimum absolute atomic E-state index is 0.493. The van der Waals surface area contributed by atoms with Crippen molar-refractivity contribution in [2.45, 2.75) is 40.4 Å². The zero-order chi connectivity index (χ0) is 15.5. The van der Waals surface area contributed by atoms with Gasteiger partial charge in [0.25, 0.3) is 0 Å². The summed E-state index contributed by atoms with van der Waals surface area (Å²) in [6.45, 7) is 15.4. The van der Waals surface area contributed by atoms with E-state index in [1.165, 1.54) is 5.20 Å². The molecule has 0 aliphatic heterocycles. The molecule has 0 aliphatic carbocycles. The van der Waals surface area contributed by atoms with Crippen molar-refractivity contribution >= 4 is 18.8 Å². The maximum Gasteiger partial charge on any atom is 0.417 e. The third-order valence-electron chi connectivity index (χ3n) is 3.46. The first-order valence-electron chi connectivity index (χ1n) is 7.45. The van der Waals surface area contributed by atoms with Crippen LogP contribution in [0.5, 0.6) is 0 Å². The largest absolute Gasteiger partial charge is 0.417 e. The van der Waals surface area contributed by atoms with Crippen molar-refractivity contribution in [2.75, 3.05) is 40.4 Å². The van der Waals surface area contributed by atoms with Gasteiger partial charge < -0.3 is 8.85 Å². The van der Waals surface area contributed by atoms with E-state index >= 15 is 0 Å². The number of hydrogen-bond acceptors (Lipinski definition) is 4. The molecule has 0 fully saturated rings. The lowest BCUT2D eigenvalue weighted by atomic mass is 10.5. The Morgan fingerprint density at radius 3 is 1.70 bits per heavy atom. The minimum Gasteiger partial charge on any atom is -0.393 e. The first kappa shape index (κ1) is 20.0. The Morgan fingerprint density at radius 2 is 1.40 bits per heavy atom. The Bertz CT molecular complexity index is 254. The molecule has 0 unspecified atom stereocenters. The molecule has 0 saturated heterocycles. The van der Waals surface area contributed by atoms with Crippen molar-refractivity contribution in [1.82, 2.24) is 9.80 Å². The van der Waals surface area contributed by atoms with Gasteiger partial charge in [-0.3, -0.25) is 9.80 Å². The Labute approximate surface area is 129 Å². The fourth-order valence-electron chi connectivity index (χ4n) is 2.24. The number of nitrogens with zero attached hydrogens (tertiary/aromatic N) is 2. The fraction of sp³-hybridized carbons (Fsp3) is 0.857. The van der Waals surface area contributed by atoms with Crippen LogP contribution >= 0.6 is 0 Å². The molecule has 0 aromatic carbocycles. The van der Waals surface area contributed by atoms with Crippen LogP contribution in [0.2, 0.25) is 0 Å². The van der Waals surface area contributed by atoms with Crippen LogP contribution in [0.15, 0.2) is 10.9 Å². The van der Waals surface area contributed by atoms with Crippen LogP contribution in [-0.2, 0) is 8.85 Å². The summed E-state index contributed by atoms with van der Waals surface area (Å²) in [7, 11) is 2.96. The molecule has 0 aromatic heterocycles. The second-order valence-corrected chi connectivity index (χ2v) is 7.82. The molecule has 6 heteroatoms. The molecule has 0 amide bonds. The van der Waals surface area contributed by atoms with Gasteiger partial charge in [-0.05, 0) is 38.3 Å². The summed E-state index contributed by atoms with van der Waals surface area (Å²) in [5, 5.41) is 1.25. The Balaban J connectivity index is 4.92. The van der Waals surface area contributed by atoms with Gasteiger partial charge in [-0.1, -0.05) is 33.4 Å². The van der Waals surface area contributed by atoms with Crippen LogP contribution in [0.1, 0.15) is 34.6 Å². The van der Waals surface area contributed by atoms with Gasteiger partial charge >= 0.3 is 9.28 Å². The molecule has 0 spiro atoms. The SMILES string of the molecule is CCN(CC)C([Si]C=C(C)[Si](OC)OC)N(CC)CC. The van der Waals surface area contributed by atoms with E-state index in [2.05, 4.69) is 50.1 Å². The normalized spacial score (nSPS) is 13.2. The van der Waals surface area contributed by atoms with E-state index in [1.807, 2.05) is 0 Å². The number of allylic oxidation sites excluding steroid dienone is 1. The molecule has 0 N–H and O–H groups in total. The van der Waals surface area contributed by atoms with Crippen LogP contribution in [0.25, 0.3) is 0 Å². The summed E-state index contributed by atoms with van der Waals surface area (Å²) in [4.78, 5) is 5.06. The molecule has 0 aliphatic rings. The highest BCUT2D eigenvalue weighted by molar-refractivity contribution is 6.57. The highest BCUT2D eigenvalue weighted by Crippen LogP contribution is 2.08. The second kappa shape index (κ2) is 11.6. The van der Waals surface area contributed by atoms with Crippen LogP contribution in [-0.4, -0.2) is 74.8 Å². The van der Waals surface area contributed by atoms with E-state index in [0.29, 0.717) is 5.79 Å². The van der Waals surface area contributed by atoms with E-state index < -0.39 is 9.28 Å². The van der Waals surface area contributed by atoms with Gasteiger partial charge in [0.05, 0.1) is 5.79 Å². The summed E-state index contributed by atoms with van der Waals surface area (Å²) in [5.41, 5.74) is 2.32. The molecule has 20 heavy (non-hydrogen) atoms. The average Bonchev–Trinajstić information content (AvgIpc) is 2.47. The molecule has 0 heterocycles. The van der Waals surface area contributed by atoms with Gasteiger partial charge in [0, 0.05) is 14.2 Å². The number of hydrogen-bond donors (Lipinski definition) is 0. The van der Waals surface area contributed by atoms with E-state index in [4.69, 9.17) is 8.85 Å². The molecule has 4 nitrogen and oxygen atoms in total. The predicted octanol–water partition coefficient (Wildman–Crippen LogP) is 1.88. The van der Waals surface area contributed by atoms with E-state index in [-0.39, 0.29) is 0 Å². The summed E-state index contributed by atoms with van der Waals surface area (Å²) < 4.78 is 10.8. The first-order chi connectivity index (χ1) is 9.59. The molecular weight excluding hydrogens is 284 g/mol. The van der Waals surface area contributed by atoms with Gasteiger partial charge in [0.2, 0.25) is 0 Å². The Morgan fingerprint density at radius 1 is 1.00 bits per heavy atom. The first-order valence-corrected chi connectivity index (χ1v) is 9.92. The van der Waals surface area contributed by atoms with Crippen molar-refractivity contribution in [3.63, 3.8) is 0 Å². The maximum absolute atomic E-state index is 5.41. The monoisotopic (exact) mass is 315 g/mol. The van der Waals surface area contributed by atoms with E-state index in [9.17, 15) is 0 Å². The van der Waals surface area contributed by atoms with Crippen LogP contribution < -0.4 is 0 Å². The second-order valence-electron chi connectivity index (χ2n) is 4.51. The van der Waals surface area contributed by atoms with Gasteiger partial charge in [-0.25, -0.2) is 0 Å².